The topological polar surface area (TPSA) is 154 Å². The summed E-state index contributed by atoms with van der Waals surface area (Å²) < 4.78 is 53.1. The first kappa shape index (κ1) is 34.9. The number of nitrogens with zero attached hydrogens (tertiary/aromatic N) is 5. The maximum absolute atomic E-state index is 13.6. The van der Waals surface area contributed by atoms with Crippen molar-refractivity contribution >= 4 is 24.1 Å². The maximum atomic E-state index is 13.6. The number of halogens is 3. The van der Waals surface area contributed by atoms with Gasteiger partial charge in [-0.3, -0.25) is 9.69 Å². The predicted molar refractivity (Wildman–Crippen MR) is 164 cm³/mol. The monoisotopic (exact) mass is 656 g/mol. The lowest BCUT2D eigenvalue weighted by atomic mass is 9.85. The van der Waals surface area contributed by atoms with E-state index < -0.39 is 29.4 Å². The van der Waals surface area contributed by atoms with E-state index in [2.05, 4.69) is 21.2 Å². The zero-order chi connectivity index (χ0) is 34.5. The second-order valence-electron chi connectivity index (χ2n) is 11.3. The molecule has 47 heavy (non-hydrogen) atoms. The smallest absolute Gasteiger partial charge is 0.416 e. The Morgan fingerprint density at radius 2 is 2.00 bits per heavy atom. The van der Waals surface area contributed by atoms with E-state index in [0.29, 0.717) is 36.8 Å². The fourth-order valence-electron chi connectivity index (χ4n) is 6.32. The predicted octanol–water partition coefficient (Wildman–Crippen LogP) is 4.25. The first-order chi connectivity index (χ1) is 22.4. The van der Waals surface area contributed by atoms with Gasteiger partial charge in [0.1, 0.15) is 6.04 Å². The van der Waals surface area contributed by atoms with Gasteiger partial charge in [0.05, 0.1) is 36.5 Å². The Balaban J connectivity index is 0.00000160. The van der Waals surface area contributed by atoms with Crippen molar-refractivity contribution in [3.63, 3.8) is 0 Å². The number of fused-ring (bicyclic) bond motifs is 1. The molecule has 2 unspecified atom stereocenters. The van der Waals surface area contributed by atoms with Crippen LogP contribution in [0.15, 0.2) is 58.5 Å². The largest absolute Gasteiger partial charge is 0.483 e. The number of ether oxygens (including phenoxy) is 2. The second kappa shape index (κ2) is 14.7. The molecule has 3 aromatic rings. The van der Waals surface area contributed by atoms with E-state index in [4.69, 9.17) is 19.4 Å². The number of H-pyrrole nitrogens is 1. The number of nitriles is 1. The molecule has 15 heteroatoms. The van der Waals surface area contributed by atoms with Gasteiger partial charge < -0.3 is 19.5 Å². The van der Waals surface area contributed by atoms with Crippen molar-refractivity contribution in [1.82, 2.24) is 19.7 Å². The van der Waals surface area contributed by atoms with Crippen LogP contribution in [0.4, 0.5) is 24.8 Å². The summed E-state index contributed by atoms with van der Waals surface area (Å²) in [6, 6.07) is 11.1. The molecule has 0 bridgehead atoms. The van der Waals surface area contributed by atoms with Crippen LogP contribution in [0, 0.1) is 17.2 Å². The summed E-state index contributed by atoms with van der Waals surface area (Å²) in [4.78, 5) is 38.7. The number of methoxy groups -OCH3 is 1. The number of carboxylic acid groups (broad SMARTS) is 1. The molecule has 3 heterocycles. The molecule has 1 aromatic heterocycles. The summed E-state index contributed by atoms with van der Waals surface area (Å²) in [7, 11) is 5.27. The van der Waals surface area contributed by atoms with Crippen molar-refractivity contribution in [1.29, 1.82) is 5.26 Å². The number of hydrogen-bond acceptors (Lipinski definition) is 9. The van der Waals surface area contributed by atoms with E-state index in [1.165, 1.54) is 28.7 Å². The van der Waals surface area contributed by atoms with Crippen molar-refractivity contribution < 1.29 is 37.3 Å². The molecule has 0 aliphatic carbocycles. The van der Waals surface area contributed by atoms with E-state index in [9.17, 15) is 28.0 Å². The zero-order valence-electron chi connectivity index (χ0n) is 26.2. The molecule has 1 saturated heterocycles. The summed E-state index contributed by atoms with van der Waals surface area (Å²) in [5, 5.41) is 23.2. The Morgan fingerprint density at radius 3 is 2.64 bits per heavy atom. The third kappa shape index (κ3) is 7.23. The number of nitrogens with one attached hydrogen (secondary N) is 1. The van der Waals surface area contributed by atoms with E-state index in [1.54, 1.807) is 25.1 Å². The van der Waals surface area contributed by atoms with Gasteiger partial charge in [-0.05, 0) is 87.7 Å². The van der Waals surface area contributed by atoms with Crippen LogP contribution in [0.2, 0.25) is 0 Å². The van der Waals surface area contributed by atoms with Gasteiger partial charge in [-0.15, -0.1) is 5.10 Å². The number of aromatic nitrogens is 3. The molecule has 2 aliphatic rings. The van der Waals surface area contributed by atoms with Crippen molar-refractivity contribution in [2.24, 2.45) is 5.92 Å². The van der Waals surface area contributed by atoms with Gasteiger partial charge in [0.15, 0.2) is 0 Å². The van der Waals surface area contributed by atoms with E-state index >= 15 is 0 Å². The van der Waals surface area contributed by atoms with Gasteiger partial charge in [-0.1, -0.05) is 12.1 Å². The zero-order valence-corrected chi connectivity index (χ0v) is 26.2. The highest BCUT2D eigenvalue weighted by Gasteiger charge is 2.41. The van der Waals surface area contributed by atoms with Crippen molar-refractivity contribution in [2.75, 3.05) is 39.3 Å². The number of anilines is 2. The minimum Gasteiger partial charge on any atom is -0.483 e. The first-order valence-electron chi connectivity index (χ1n) is 14.7. The molecular formula is C32H35F3N6O6. The number of benzene rings is 2. The number of allylic oxidation sites excluding steroid dienone is 1. The lowest BCUT2D eigenvalue weighted by Gasteiger charge is -2.37. The molecule has 5 rings (SSSR count). The molecule has 0 amide bonds. The third-order valence-electron chi connectivity index (χ3n) is 8.43. The summed E-state index contributed by atoms with van der Waals surface area (Å²) in [5.41, 5.74) is 0.535. The Labute approximate surface area is 268 Å². The Kier molecular flexibility index (Phi) is 10.9. The third-order valence-corrected chi connectivity index (χ3v) is 8.43. The highest BCUT2D eigenvalue weighted by atomic mass is 19.4. The lowest BCUT2D eigenvalue weighted by Crippen LogP contribution is -2.42. The molecule has 2 N–H and O–H groups in total. The van der Waals surface area contributed by atoms with Crippen molar-refractivity contribution in [3.8, 4) is 6.07 Å². The number of hydrogen-bond donors (Lipinski definition) is 2. The highest BCUT2D eigenvalue weighted by Crippen LogP contribution is 2.44. The standard InChI is InChI=1S/C31H33F3N6O4.CH2O2/c1-18-26(28(41)43-4)27(40-29(36-37-30(40)42)39(18)23-7-5-6-22(15-23)31(32,33)34)24-11-8-19(16-35)14-20(24)9-10-21-17-44-13-12-25(21)38(2)3;2-1-3/h5-8,11,14-15,21,25,27H,9-10,12-13,17H2,1-4H3,(H,37,42);1H,(H,2,3)/t21?,25?,27-;/m1./s1. The first-order valence-corrected chi connectivity index (χ1v) is 14.7. The quantitative estimate of drug-likeness (QED) is 0.279. The number of aryl methyl sites for hydroxylation is 1. The van der Waals surface area contributed by atoms with E-state index in [-0.39, 0.29) is 35.3 Å². The number of esters is 1. The van der Waals surface area contributed by atoms with Crippen LogP contribution in [0.5, 0.6) is 0 Å². The average Bonchev–Trinajstić information content (AvgIpc) is 3.43. The van der Waals surface area contributed by atoms with E-state index in [0.717, 1.165) is 30.5 Å². The van der Waals surface area contributed by atoms with E-state index in [1.807, 2.05) is 14.1 Å². The molecule has 0 saturated carbocycles. The van der Waals surface area contributed by atoms with Crippen LogP contribution in [0.3, 0.4) is 0 Å². The number of aromatic amines is 1. The molecule has 0 radical (unpaired) electrons. The minimum atomic E-state index is -4.62. The average molecular weight is 657 g/mol. The van der Waals surface area contributed by atoms with Crippen molar-refractivity contribution in [3.05, 3.63) is 86.5 Å². The van der Waals surface area contributed by atoms with Crippen LogP contribution in [-0.4, -0.2) is 77.7 Å². The number of alkyl halides is 3. The summed E-state index contributed by atoms with van der Waals surface area (Å²) in [6.45, 7) is 2.59. The summed E-state index contributed by atoms with van der Waals surface area (Å²) >= 11 is 0. The molecule has 0 spiro atoms. The van der Waals surface area contributed by atoms with Gasteiger partial charge >= 0.3 is 17.8 Å². The fraction of sp³-hybridized carbons (Fsp3) is 0.406. The molecule has 12 nitrogen and oxygen atoms in total. The normalized spacial score (nSPS) is 19.4. The molecule has 3 atom stereocenters. The Morgan fingerprint density at radius 1 is 1.28 bits per heavy atom. The second-order valence-corrected chi connectivity index (χ2v) is 11.3. The van der Waals surface area contributed by atoms with Crippen molar-refractivity contribution in [2.45, 2.75) is 44.4 Å². The van der Waals surface area contributed by atoms with Crippen LogP contribution >= 0.6 is 0 Å². The van der Waals surface area contributed by atoms with Gasteiger partial charge in [-0.2, -0.15) is 18.4 Å². The SMILES string of the molecule is COC(=O)C1=C(C)N(c2cccc(C(F)(F)F)c2)c2n[nH]c(=O)n2[C@@H]1c1ccc(C#N)cc1CCC1COCCC1N(C)C.O=CO. The van der Waals surface area contributed by atoms with Gasteiger partial charge in [0.2, 0.25) is 5.95 Å². The van der Waals surface area contributed by atoms with Crippen LogP contribution in [0.25, 0.3) is 0 Å². The summed E-state index contributed by atoms with van der Waals surface area (Å²) in [5.74, 6) is -0.537. The van der Waals surface area contributed by atoms with Crippen LogP contribution in [-0.2, 0) is 31.7 Å². The number of rotatable bonds is 7. The molecule has 2 aliphatic heterocycles. The van der Waals surface area contributed by atoms with Gasteiger partial charge in [-0.25, -0.2) is 19.3 Å². The molecular weight excluding hydrogens is 621 g/mol. The highest BCUT2D eigenvalue weighted by molar-refractivity contribution is 5.93. The Hall–Kier alpha value is -4.94. The molecule has 1 fully saturated rings. The minimum absolute atomic E-state index is 0.00754. The molecule has 2 aromatic carbocycles. The van der Waals surface area contributed by atoms with Crippen LogP contribution < -0.4 is 10.6 Å². The fourth-order valence-corrected chi connectivity index (χ4v) is 6.32. The lowest BCUT2D eigenvalue weighted by molar-refractivity contribution is -0.138. The maximum Gasteiger partial charge on any atom is 0.416 e. The summed E-state index contributed by atoms with van der Waals surface area (Å²) in [6.07, 6.45) is -2.49. The Bertz CT molecular complexity index is 1740. The number of carbonyl (C=O) groups excluding carboxylic acids is 1. The van der Waals surface area contributed by atoms with Crippen LogP contribution in [0.1, 0.15) is 48.1 Å². The van der Waals surface area contributed by atoms with Gasteiger partial charge in [0.25, 0.3) is 6.47 Å². The van der Waals surface area contributed by atoms with Gasteiger partial charge in [0, 0.05) is 24.0 Å². The number of carbonyl (C=O) groups is 2. The molecule has 250 valence electrons.